The number of phenols is 1. The molecule has 0 amide bonds. The Kier molecular flexibility index (Phi) is 5.42. The number of carbonyl (C=O) groups excluding carboxylic acids is 1. The van der Waals surface area contributed by atoms with E-state index in [1.54, 1.807) is 12.1 Å². The van der Waals surface area contributed by atoms with E-state index in [1.165, 1.54) is 7.11 Å². The Balaban J connectivity index is 2.41. The van der Waals surface area contributed by atoms with Gasteiger partial charge in [0, 0.05) is 0 Å². The maximum atomic E-state index is 11.1. The highest BCUT2D eigenvalue weighted by Crippen LogP contribution is 2.34. The van der Waals surface area contributed by atoms with Crippen molar-refractivity contribution >= 4 is 11.9 Å². The van der Waals surface area contributed by atoms with E-state index in [9.17, 15) is 9.90 Å². The van der Waals surface area contributed by atoms with Crippen LogP contribution in [0.15, 0.2) is 42.2 Å². The quantitative estimate of drug-likeness (QED) is 0.810. The van der Waals surface area contributed by atoms with E-state index in [-0.39, 0.29) is 17.1 Å². The van der Waals surface area contributed by atoms with Gasteiger partial charge in [-0.1, -0.05) is 19.1 Å². The number of hydrogen-bond donors (Lipinski definition) is 1. The third kappa shape index (κ3) is 3.58. The van der Waals surface area contributed by atoms with Crippen molar-refractivity contribution < 1.29 is 19.4 Å². The fourth-order valence-corrected chi connectivity index (χ4v) is 2.21. The fourth-order valence-electron chi connectivity index (χ4n) is 2.21. The molecule has 0 atom stereocenters. The van der Waals surface area contributed by atoms with E-state index in [0.717, 1.165) is 23.3 Å². The lowest BCUT2D eigenvalue weighted by Crippen LogP contribution is -1.95. The van der Waals surface area contributed by atoms with Crippen LogP contribution >= 0.6 is 0 Å². The topological polar surface area (TPSA) is 55.8 Å². The van der Waals surface area contributed by atoms with Crippen molar-refractivity contribution in [3.63, 3.8) is 0 Å². The van der Waals surface area contributed by atoms with Gasteiger partial charge >= 0.3 is 0 Å². The molecule has 0 fully saturated rings. The Labute approximate surface area is 130 Å². The van der Waals surface area contributed by atoms with Gasteiger partial charge in [0.25, 0.3) is 0 Å². The minimum atomic E-state index is -0.135. The first-order chi connectivity index (χ1) is 10.7. The number of hydrogen-bond acceptors (Lipinski definition) is 4. The molecule has 116 valence electrons. The van der Waals surface area contributed by atoms with Crippen LogP contribution in [-0.2, 0) is 4.74 Å². The lowest BCUT2D eigenvalue weighted by atomic mass is 9.99. The van der Waals surface area contributed by atoms with Crippen LogP contribution in [-0.4, -0.2) is 25.1 Å². The molecule has 4 heteroatoms. The number of phenolic OH excluding ortho intramolecular Hbond substituents is 1. The summed E-state index contributed by atoms with van der Waals surface area (Å²) in [7, 11) is 1.46. The first-order valence-electron chi connectivity index (χ1n) is 7.26. The molecule has 0 unspecified atom stereocenters. The smallest absolute Gasteiger partial charge is 0.168 e. The average molecular weight is 300 g/mol. The third-order valence-electron chi connectivity index (χ3n) is 3.35. The Hall–Kier alpha value is -2.49. The summed E-state index contributed by atoms with van der Waals surface area (Å²) in [5.74, 6) is 0.933. The summed E-state index contributed by atoms with van der Waals surface area (Å²) in [5.41, 5.74) is 2.04. The van der Waals surface area contributed by atoms with Gasteiger partial charge in [0.05, 0.1) is 19.3 Å². The molecule has 1 aromatic rings. The molecule has 22 heavy (non-hydrogen) atoms. The molecular weight excluding hydrogens is 280 g/mol. The SMILES string of the molecule is CCCOC1=CC=CCC(c2cc(C=O)c(O)c(OC)c2)=C1. The minimum absolute atomic E-state index is 0.135. The molecule has 1 aliphatic rings. The van der Waals surface area contributed by atoms with Gasteiger partial charge in [-0.2, -0.15) is 0 Å². The van der Waals surface area contributed by atoms with Crippen LogP contribution in [0.3, 0.4) is 0 Å². The van der Waals surface area contributed by atoms with E-state index in [1.807, 2.05) is 24.3 Å². The number of benzene rings is 1. The highest BCUT2D eigenvalue weighted by molar-refractivity contribution is 5.84. The summed E-state index contributed by atoms with van der Waals surface area (Å²) < 4.78 is 10.8. The Bertz CT molecular complexity index is 639. The lowest BCUT2D eigenvalue weighted by Gasteiger charge is -2.12. The second-order valence-electron chi connectivity index (χ2n) is 4.95. The van der Waals surface area contributed by atoms with Gasteiger partial charge in [-0.15, -0.1) is 0 Å². The van der Waals surface area contributed by atoms with E-state index >= 15 is 0 Å². The zero-order chi connectivity index (χ0) is 15.9. The first kappa shape index (κ1) is 15.9. The summed E-state index contributed by atoms with van der Waals surface area (Å²) in [4.78, 5) is 11.1. The predicted octanol–water partition coefficient (Wildman–Crippen LogP) is 3.87. The van der Waals surface area contributed by atoms with E-state index in [2.05, 4.69) is 6.92 Å². The van der Waals surface area contributed by atoms with Crippen LogP contribution < -0.4 is 4.74 Å². The Morgan fingerprint density at radius 2 is 2.18 bits per heavy atom. The van der Waals surface area contributed by atoms with E-state index in [4.69, 9.17) is 9.47 Å². The maximum absolute atomic E-state index is 11.1. The molecular formula is C18H20O4. The van der Waals surface area contributed by atoms with Gasteiger partial charge in [-0.25, -0.2) is 0 Å². The zero-order valence-corrected chi connectivity index (χ0v) is 12.8. The number of aldehydes is 1. The second kappa shape index (κ2) is 7.50. The first-order valence-corrected chi connectivity index (χ1v) is 7.26. The van der Waals surface area contributed by atoms with Crippen molar-refractivity contribution in [1.82, 2.24) is 0 Å². The molecule has 0 aliphatic heterocycles. The standard InChI is InChI=1S/C18H20O4/c1-3-8-22-16-7-5-4-6-13(10-16)14-9-15(12-19)18(20)17(11-14)21-2/h4-5,7,9-12,20H,3,6,8H2,1-2H3. The predicted molar refractivity (Wildman–Crippen MR) is 86.1 cm³/mol. The van der Waals surface area contributed by atoms with Crippen molar-refractivity contribution in [2.45, 2.75) is 19.8 Å². The van der Waals surface area contributed by atoms with Crippen LogP contribution in [0.1, 0.15) is 35.7 Å². The highest BCUT2D eigenvalue weighted by Gasteiger charge is 2.13. The van der Waals surface area contributed by atoms with Crippen LogP contribution in [0.5, 0.6) is 11.5 Å². The summed E-state index contributed by atoms with van der Waals surface area (Å²) in [6, 6.07) is 3.39. The lowest BCUT2D eigenvalue weighted by molar-refractivity contribution is 0.112. The van der Waals surface area contributed by atoms with Crippen LogP contribution in [0.4, 0.5) is 0 Å². The van der Waals surface area contributed by atoms with Crippen molar-refractivity contribution in [3.8, 4) is 11.5 Å². The van der Waals surface area contributed by atoms with Gasteiger partial charge in [-0.05, 0) is 48.3 Å². The normalized spacial score (nSPS) is 13.9. The number of ether oxygens (including phenoxy) is 2. The molecule has 0 saturated heterocycles. The zero-order valence-electron chi connectivity index (χ0n) is 12.8. The average Bonchev–Trinajstić information content (AvgIpc) is 2.78. The molecule has 0 saturated carbocycles. The van der Waals surface area contributed by atoms with Crippen LogP contribution in [0, 0.1) is 0 Å². The van der Waals surface area contributed by atoms with Gasteiger partial charge in [0.1, 0.15) is 5.76 Å². The summed E-state index contributed by atoms with van der Waals surface area (Å²) in [6.45, 7) is 2.71. The molecule has 1 aromatic carbocycles. The van der Waals surface area contributed by atoms with Crippen LogP contribution in [0.2, 0.25) is 0 Å². The Morgan fingerprint density at radius 1 is 1.36 bits per heavy atom. The number of aromatic hydroxyl groups is 1. The molecule has 1 aliphatic carbocycles. The van der Waals surface area contributed by atoms with Crippen LogP contribution in [0.25, 0.3) is 5.57 Å². The molecule has 4 nitrogen and oxygen atoms in total. The Morgan fingerprint density at radius 3 is 2.86 bits per heavy atom. The van der Waals surface area contributed by atoms with Crippen molar-refractivity contribution in [2.24, 2.45) is 0 Å². The minimum Gasteiger partial charge on any atom is -0.504 e. The number of methoxy groups -OCH3 is 1. The second-order valence-corrected chi connectivity index (χ2v) is 4.95. The molecule has 0 radical (unpaired) electrons. The molecule has 0 heterocycles. The summed E-state index contributed by atoms with van der Waals surface area (Å²) in [6.07, 6.45) is 10.1. The molecule has 0 spiro atoms. The van der Waals surface area contributed by atoms with Crippen molar-refractivity contribution in [1.29, 1.82) is 0 Å². The van der Waals surface area contributed by atoms with Gasteiger partial charge in [-0.3, -0.25) is 4.79 Å². The fraction of sp³-hybridized carbons (Fsp3) is 0.278. The number of carbonyl (C=O) groups is 1. The largest absolute Gasteiger partial charge is 0.504 e. The molecule has 1 N–H and O–H groups in total. The molecule has 0 aromatic heterocycles. The van der Waals surface area contributed by atoms with Gasteiger partial charge in [0.15, 0.2) is 17.8 Å². The summed E-state index contributed by atoms with van der Waals surface area (Å²) in [5, 5.41) is 9.91. The third-order valence-corrected chi connectivity index (χ3v) is 3.35. The monoisotopic (exact) mass is 300 g/mol. The van der Waals surface area contributed by atoms with Gasteiger partial charge < -0.3 is 14.6 Å². The number of allylic oxidation sites excluding steroid dienone is 5. The summed E-state index contributed by atoms with van der Waals surface area (Å²) >= 11 is 0. The van der Waals surface area contributed by atoms with E-state index < -0.39 is 0 Å². The van der Waals surface area contributed by atoms with E-state index in [0.29, 0.717) is 19.3 Å². The molecule has 2 rings (SSSR count). The maximum Gasteiger partial charge on any atom is 0.168 e. The highest BCUT2D eigenvalue weighted by atomic mass is 16.5. The van der Waals surface area contributed by atoms with Crippen molar-refractivity contribution in [2.75, 3.05) is 13.7 Å². The van der Waals surface area contributed by atoms with Gasteiger partial charge in [0.2, 0.25) is 0 Å². The molecule has 0 bridgehead atoms. The number of rotatable bonds is 6. The van der Waals surface area contributed by atoms with Crippen molar-refractivity contribution in [3.05, 3.63) is 53.3 Å².